The summed E-state index contributed by atoms with van der Waals surface area (Å²) in [6, 6.07) is 57.1. The van der Waals surface area contributed by atoms with Crippen LogP contribution in [0.25, 0.3) is 98.9 Å². The van der Waals surface area contributed by atoms with E-state index in [2.05, 4.69) is 196 Å². The van der Waals surface area contributed by atoms with E-state index in [1.54, 1.807) is 0 Å². The third-order valence-corrected chi connectivity index (χ3v) is 13.4. The number of benzene rings is 9. The molecule has 274 valence electrons. The van der Waals surface area contributed by atoms with Gasteiger partial charge in [0.1, 0.15) is 11.2 Å². The normalized spacial score (nSPS) is 15.3. The first-order valence-corrected chi connectivity index (χ1v) is 20.7. The molecule has 1 nitrogen and oxygen atoms in total. The Bertz CT molecular complexity index is 3340. The first-order chi connectivity index (χ1) is 28.6. The van der Waals surface area contributed by atoms with Crippen molar-refractivity contribution < 1.29 is 4.42 Å². The van der Waals surface area contributed by atoms with Crippen molar-refractivity contribution in [1.82, 2.24) is 0 Å². The quantitative estimate of drug-likeness (QED) is 0.0912. The third kappa shape index (κ3) is 5.40. The lowest BCUT2D eigenvalue weighted by Gasteiger charge is -2.18. The molecule has 0 saturated heterocycles. The Morgan fingerprint density at radius 2 is 1.24 bits per heavy atom. The Morgan fingerprint density at radius 3 is 2.02 bits per heavy atom. The van der Waals surface area contributed by atoms with Gasteiger partial charge in [-0.15, -0.1) is 24.9 Å². The Balaban J connectivity index is 0.969. The van der Waals surface area contributed by atoms with Crippen LogP contribution in [0.1, 0.15) is 22.6 Å². The highest BCUT2D eigenvalue weighted by Crippen LogP contribution is 2.51. The van der Waals surface area contributed by atoms with E-state index in [-0.39, 0.29) is 11.2 Å². The lowest BCUT2D eigenvalue weighted by atomic mass is 9.85. The van der Waals surface area contributed by atoms with Crippen LogP contribution in [0.3, 0.4) is 0 Å². The van der Waals surface area contributed by atoms with Gasteiger partial charge >= 0.3 is 0 Å². The number of hydrogen-bond acceptors (Lipinski definition) is 2. The molecule has 0 bridgehead atoms. The molecule has 9 aromatic carbocycles. The van der Waals surface area contributed by atoms with E-state index in [4.69, 9.17) is 4.42 Å². The molecular weight excluding hydrogens is 721 g/mol. The zero-order chi connectivity index (χ0) is 38.9. The van der Waals surface area contributed by atoms with Crippen LogP contribution in [0.5, 0.6) is 0 Å². The largest absolute Gasteiger partial charge is 0.455 e. The molecule has 0 aliphatic carbocycles. The first kappa shape index (κ1) is 34.4. The molecule has 11 rings (SSSR count). The summed E-state index contributed by atoms with van der Waals surface area (Å²) in [7, 11) is 0. The van der Waals surface area contributed by atoms with Gasteiger partial charge in [0, 0.05) is 32.2 Å². The number of rotatable bonds is 7. The fourth-order valence-electron chi connectivity index (χ4n) is 9.33. The number of furan rings is 1. The van der Waals surface area contributed by atoms with E-state index in [1.165, 1.54) is 64.7 Å². The lowest BCUT2D eigenvalue weighted by Crippen LogP contribution is -2.04. The van der Waals surface area contributed by atoms with Crippen LogP contribution >= 0.6 is 11.8 Å². The minimum absolute atomic E-state index is 0.189. The summed E-state index contributed by atoms with van der Waals surface area (Å²) in [5.74, 6) is 0.189. The predicted octanol–water partition coefficient (Wildman–Crippen LogP) is 16.2. The topological polar surface area (TPSA) is 13.1 Å². The molecule has 1 aliphatic heterocycles. The van der Waals surface area contributed by atoms with Crippen LogP contribution in [0, 0.1) is 0 Å². The Labute approximate surface area is 341 Å². The average molecular weight is 759 g/mol. The van der Waals surface area contributed by atoms with Crippen molar-refractivity contribution in [3.8, 4) is 22.3 Å². The molecule has 0 amide bonds. The second-order valence-corrected chi connectivity index (χ2v) is 16.5. The third-order valence-electron chi connectivity index (χ3n) is 12.0. The van der Waals surface area contributed by atoms with Gasteiger partial charge < -0.3 is 4.42 Å². The van der Waals surface area contributed by atoms with Gasteiger partial charge in [0.05, 0.1) is 0 Å². The lowest BCUT2D eigenvalue weighted by molar-refractivity contribution is 0.672. The maximum absolute atomic E-state index is 6.69. The zero-order valence-electron chi connectivity index (χ0n) is 31.9. The monoisotopic (exact) mass is 758 g/mol. The smallest absolute Gasteiger partial charge is 0.143 e. The van der Waals surface area contributed by atoms with Crippen LogP contribution in [0.4, 0.5) is 0 Å². The molecule has 2 heterocycles. The summed E-state index contributed by atoms with van der Waals surface area (Å²) in [6.45, 7) is 13.0. The molecular formula is C56H38OS. The summed E-state index contributed by atoms with van der Waals surface area (Å²) in [5.41, 5.74) is 11.2. The second kappa shape index (κ2) is 13.7. The Morgan fingerprint density at radius 1 is 0.552 bits per heavy atom. The summed E-state index contributed by atoms with van der Waals surface area (Å²) >= 11 is 1.86. The number of thioether (sulfide) groups is 1. The van der Waals surface area contributed by atoms with Crippen molar-refractivity contribution in [1.29, 1.82) is 0 Å². The Kier molecular flexibility index (Phi) is 8.10. The second-order valence-electron chi connectivity index (χ2n) is 15.3. The van der Waals surface area contributed by atoms with Gasteiger partial charge in [-0.05, 0) is 119 Å². The minimum atomic E-state index is 0.189. The molecule has 1 aliphatic rings. The molecule has 2 heteroatoms. The minimum Gasteiger partial charge on any atom is -0.455 e. The van der Waals surface area contributed by atoms with Gasteiger partial charge in [-0.25, -0.2) is 0 Å². The molecule has 10 aromatic rings. The molecule has 2 unspecified atom stereocenters. The van der Waals surface area contributed by atoms with E-state index in [0.29, 0.717) is 0 Å². The SMILES string of the molecule is C=CC1Sc2ccc3ccc4c5cc(-c6cccc(/C=C\C(=C)c7c8ccccc8c(-c8ccc9ccccc9c8)c8ccccc78)c6)ccc5oc4c3c2C1C=C. The van der Waals surface area contributed by atoms with Gasteiger partial charge in [-0.3, -0.25) is 0 Å². The molecule has 0 radical (unpaired) electrons. The number of fused-ring (bicyclic) bond motifs is 10. The molecule has 1 aromatic heterocycles. The van der Waals surface area contributed by atoms with Crippen molar-refractivity contribution >= 4 is 88.4 Å². The first-order valence-electron chi connectivity index (χ1n) is 19.8. The van der Waals surface area contributed by atoms with E-state index in [1.807, 2.05) is 17.8 Å². The molecule has 58 heavy (non-hydrogen) atoms. The van der Waals surface area contributed by atoms with Gasteiger partial charge in [0.25, 0.3) is 0 Å². The van der Waals surface area contributed by atoms with Crippen LogP contribution < -0.4 is 0 Å². The van der Waals surface area contributed by atoms with Gasteiger partial charge in [-0.1, -0.05) is 152 Å². The molecule has 0 N–H and O–H groups in total. The maximum Gasteiger partial charge on any atom is 0.143 e. The summed E-state index contributed by atoms with van der Waals surface area (Å²) in [6.07, 6.45) is 8.47. The highest BCUT2D eigenvalue weighted by molar-refractivity contribution is 8.00. The summed E-state index contributed by atoms with van der Waals surface area (Å²) in [4.78, 5) is 1.28. The van der Waals surface area contributed by atoms with Crippen molar-refractivity contribution in [3.05, 3.63) is 212 Å². The molecule has 0 saturated carbocycles. The number of hydrogen-bond donors (Lipinski definition) is 0. The van der Waals surface area contributed by atoms with E-state index >= 15 is 0 Å². The fourth-order valence-corrected chi connectivity index (χ4v) is 10.6. The van der Waals surface area contributed by atoms with Crippen molar-refractivity contribution in [2.45, 2.75) is 16.1 Å². The van der Waals surface area contributed by atoms with Gasteiger partial charge in [0.2, 0.25) is 0 Å². The maximum atomic E-state index is 6.69. The molecule has 0 spiro atoms. The predicted molar refractivity (Wildman–Crippen MR) is 252 cm³/mol. The van der Waals surface area contributed by atoms with Gasteiger partial charge in [-0.2, -0.15) is 0 Å². The van der Waals surface area contributed by atoms with Crippen LogP contribution in [-0.2, 0) is 0 Å². The fraction of sp³-hybridized carbons (Fsp3) is 0.0357. The average Bonchev–Trinajstić information content (AvgIpc) is 3.85. The molecule has 0 fully saturated rings. The summed E-state index contributed by atoms with van der Waals surface area (Å²) < 4.78 is 6.69. The van der Waals surface area contributed by atoms with Crippen LogP contribution in [-0.4, -0.2) is 5.25 Å². The molecule has 2 atom stereocenters. The highest BCUT2D eigenvalue weighted by atomic mass is 32.2. The Hall–Kier alpha value is -6.87. The van der Waals surface area contributed by atoms with E-state index in [9.17, 15) is 0 Å². The van der Waals surface area contributed by atoms with Crippen LogP contribution in [0.2, 0.25) is 0 Å². The van der Waals surface area contributed by atoms with Crippen molar-refractivity contribution in [2.75, 3.05) is 0 Å². The van der Waals surface area contributed by atoms with Crippen molar-refractivity contribution in [3.63, 3.8) is 0 Å². The summed E-state index contributed by atoms with van der Waals surface area (Å²) in [5, 5.41) is 12.2. The van der Waals surface area contributed by atoms with Crippen molar-refractivity contribution in [2.24, 2.45) is 0 Å². The van der Waals surface area contributed by atoms with E-state index < -0.39 is 0 Å². The standard InChI is InChI=1S/C56H38OS/c1-4-42-50(5-2)58-51-30-27-37-25-28-47-48-33-40(26-29-49(48)57-56(47)54(37)55(42)51)38-16-12-13-35(31-38)22-21-34(3)52-43-17-8-10-19-45(43)53(46-20-11-9-18-44(46)52)41-24-23-36-14-6-7-15-39(36)32-41/h4-33,42,50H,1-3H2/b22-21-. The van der Waals surface area contributed by atoms with Gasteiger partial charge in [0.15, 0.2) is 0 Å². The number of allylic oxidation sites excluding steroid dienone is 3. The highest BCUT2D eigenvalue weighted by Gasteiger charge is 2.32. The zero-order valence-corrected chi connectivity index (χ0v) is 32.7. The van der Waals surface area contributed by atoms with Crippen LogP contribution in [0.15, 0.2) is 205 Å². The van der Waals surface area contributed by atoms with E-state index in [0.717, 1.165) is 49.8 Å².